The van der Waals surface area contributed by atoms with Crippen molar-refractivity contribution in [3.05, 3.63) is 194 Å². The second kappa shape index (κ2) is 14.2. The summed E-state index contributed by atoms with van der Waals surface area (Å²) in [6.45, 7) is 0. The molecule has 0 unspecified atom stereocenters. The molecule has 0 amide bonds. The zero-order valence-corrected chi connectivity index (χ0v) is 33.7. The number of para-hydroxylation sites is 1. The minimum atomic E-state index is 0.621. The lowest BCUT2D eigenvalue weighted by Gasteiger charge is -2.14. The molecule has 0 N–H and O–H groups in total. The van der Waals surface area contributed by atoms with Gasteiger partial charge in [-0.3, -0.25) is 4.98 Å². The molecule has 12 rings (SSSR count). The average Bonchev–Trinajstić information content (AvgIpc) is 3.90. The number of thiophene rings is 2. The summed E-state index contributed by atoms with van der Waals surface area (Å²) in [6.07, 6.45) is 1.88. The molecule has 6 heteroatoms. The summed E-state index contributed by atoms with van der Waals surface area (Å²) in [5, 5.41) is 6.22. The lowest BCUT2D eigenvalue weighted by molar-refractivity contribution is 1.07. The molecule has 0 saturated carbocycles. The van der Waals surface area contributed by atoms with Crippen molar-refractivity contribution in [2.75, 3.05) is 0 Å². The molecule has 8 aromatic carbocycles. The molecule has 4 nitrogen and oxygen atoms in total. The lowest BCUT2D eigenvalue weighted by atomic mass is 9.94. The molecule has 4 aromatic heterocycles. The van der Waals surface area contributed by atoms with Crippen LogP contribution in [0.25, 0.3) is 119 Å². The van der Waals surface area contributed by atoms with Gasteiger partial charge in [-0.25, -0.2) is 15.0 Å². The molecule has 4 heterocycles. The van der Waals surface area contributed by atoms with E-state index in [1.807, 2.05) is 53.1 Å². The highest BCUT2D eigenvalue weighted by molar-refractivity contribution is 7.26. The Balaban J connectivity index is 1.07. The van der Waals surface area contributed by atoms with Crippen LogP contribution < -0.4 is 0 Å². The van der Waals surface area contributed by atoms with Crippen molar-refractivity contribution in [2.45, 2.75) is 0 Å². The van der Waals surface area contributed by atoms with Gasteiger partial charge >= 0.3 is 0 Å². The maximum atomic E-state index is 5.29. The standard InChI is InChI=1S/C54H32N4S2/c1-2-12-34(13-3-1)52-56-53(35-26-24-33(25-27-35)39-28-29-55-47-21-7-4-14-42(39)47)58-54(57-52)38-31-36(40-17-10-19-45-43-15-5-8-22-48(43)59-50(40)45)30-37(32-38)41-18-11-20-46-44-16-6-9-23-49(44)60-51(41)46/h1-32H. The van der Waals surface area contributed by atoms with Crippen LogP contribution in [0.15, 0.2) is 194 Å². The predicted octanol–water partition coefficient (Wildman–Crippen LogP) is 15.2. The highest BCUT2D eigenvalue weighted by Crippen LogP contribution is 2.45. The smallest absolute Gasteiger partial charge is 0.164 e. The number of hydrogen-bond acceptors (Lipinski definition) is 6. The number of benzene rings is 8. The van der Waals surface area contributed by atoms with E-state index in [-0.39, 0.29) is 0 Å². The van der Waals surface area contributed by atoms with Crippen LogP contribution in [0.2, 0.25) is 0 Å². The van der Waals surface area contributed by atoms with E-state index in [9.17, 15) is 0 Å². The second-order valence-corrected chi connectivity index (χ2v) is 17.1. The van der Waals surface area contributed by atoms with Crippen LogP contribution >= 0.6 is 22.7 Å². The Hall–Kier alpha value is -7.38. The number of hydrogen-bond donors (Lipinski definition) is 0. The third-order valence-corrected chi connectivity index (χ3v) is 13.8. The SMILES string of the molecule is c1ccc(-c2nc(-c3ccc(-c4ccnc5ccccc45)cc3)nc(-c3cc(-c4cccc5c4sc4ccccc45)cc(-c4cccc5c4sc4ccccc45)c3)n2)cc1. The van der Waals surface area contributed by atoms with Crippen molar-refractivity contribution in [2.24, 2.45) is 0 Å². The molecule has 0 aliphatic rings. The molecule has 0 aliphatic heterocycles. The Morgan fingerprint density at radius 1 is 0.300 bits per heavy atom. The molecule has 60 heavy (non-hydrogen) atoms. The van der Waals surface area contributed by atoms with Crippen molar-refractivity contribution < 1.29 is 0 Å². The summed E-state index contributed by atoms with van der Waals surface area (Å²) in [4.78, 5) is 20.2. The highest BCUT2D eigenvalue weighted by Gasteiger charge is 2.19. The van der Waals surface area contributed by atoms with Crippen molar-refractivity contribution in [1.29, 1.82) is 0 Å². The minimum absolute atomic E-state index is 0.621. The van der Waals surface area contributed by atoms with E-state index in [1.54, 1.807) is 0 Å². The Labute approximate surface area is 353 Å². The van der Waals surface area contributed by atoms with Gasteiger partial charge < -0.3 is 0 Å². The summed E-state index contributed by atoms with van der Waals surface area (Å²) >= 11 is 3.70. The van der Waals surface area contributed by atoms with Crippen LogP contribution in [0.4, 0.5) is 0 Å². The van der Waals surface area contributed by atoms with E-state index in [1.165, 1.54) is 51.5 Å². The van der Waals surface area contributed by atoms with E-state index in [2.05, 4.69) is 169 Å². The zero-order chi connectivity index (χ0) is 39.6. The van der Waals surface area contributed by atoms with Gasteiger partial charge in [0.05, 0.1) is 5.52 Å². The van der Waals surface area contributed by atoms with Gasteiger partial charge in [0.1, 0.15) is 0 Å². The summed E-state index contributed by atoms with van der Waals surface area (Å²) < 4.78 is 5.10. The Kier molecular flexibility index (Phi) is 8.18. The largest absolute Gasteiger partial charge is 0.256 e. The summed E-state index contributed by atoms with van der Waals surface area (Å²) in [5.41, 5.74) is 10.6. The summed E-state index contributed by atoms with van der Waals surface area (Å²) in [5.74, 6) is 1.87. The van der Waals surface area contributed by atoms with E-state index in [0.29, 0.717) is 17.5 Å². The van der Waals surface area contributed by atoms with E-state index in [0.717, 1.165) is 49.8 Å². The average molecular weight is 801 g/mol. The highest BCUT2D eigenvalue weighted by atomic mass is 32.1. The van der Waals surface area contributed by atoms with Gasteiger partial charge in [-0.05, 0) is 75.8 Å². The molecule has 0 bridgehead atoms. The lowest BCUT2D eigenvalue weighted by Crippen LogP contribution is -2.00. The third kappa shape index (κ3) is 5.88. The Morgan fingerprint density at radius 3 is 1.38 bits per heavy atom. The molecule has 0 aliphatic carbocycles. The zero-order valence-electron chi connectivity index (χ0n) is 32.1. The summed E-state index contributed by atoms with van der Waals surface area (Å²) in [7, 11) is 0. The molecular weight excluding hydrogens is 769 g/mol. The molecule has 280 valence electrons. The molecular formula is C54H32N4S2. The number of nitrogens with zero attached hydrogens (tertiary/aromatic N) is 4. The van der Waals surface area contributed by atoms with E-state index < -0.39 is 0 Å². The first-order chi connectivity index (χ1) is 29.7. The molecule has 0 radical (unpaired) electrons. The predicted molar refractivity (Wildman–Crippen MR) is 254 cm³/mol. The van der Waals surface area contributed by atoms with Crippen LogP contribution in [0.5, 0.6) is 0 Å². The quantitative estimate of drug-likeness (QED) is 0.168. The monoisotopic (exact) mass is 800 g/mol. The fourth-order valence-corrected chi connectivity index (χ4v) is 11.0. The van der Waals surface area contributed by atoms with Gasteiger partial charge in [0, 0.05) is 68.6 Å². The minimum Gasteiger partial charge on any atom is -0.256 e. The van der Waals surface area contributed by atoms with Gasteiger partial charge in [0.15, 0.2) is 17.5 Å². The summed E-state index contributed by atoms with van der Waals surface area (Å²) in [6, 6.07) is 66.7. The van der Waals surface area contributed by atoms with E-state index >= 15 is 0 Å². The van der Waals surface area contributed by atoms with Crippen molar-refractivity contribution >= 4 is 73.9 Å². The number of pyridine rings is 1. The van der Waals surface area contributed by atoms with E-state index in [4.69, 9.17) is 15.0 Å². The van der Waals surface area contributed by atoms with Crippen LogP contribution in [0.1, 0.15) is 0 Å². The topological polar surface area (TPSA) is 51.6 Å². The fourth-order valence-electron chi connectivity index (χ4n) is 8.51. The van der Waals surface area contributed by atoms with Gasteiger partial charge in [-0.2, -0.15) is 0 Å². The Bertz CT molecular complexity index is 3470. The molecule has 0 saturated heterocycles. The van der Waals surface area contributed by atoms with Crippen LogP contribution in [0.3, 0.4) is 0 Å². The van der Waals surface area contributed by atoms with Gasteiger partial charge in [0.25, 0.3) is 0 Å². The normalized spacial score (nSPS) is 11.7. The number of aromatic nitrogens is 4. The van der Waals surface area contributed by atoms with Crippen molar-refractivity contribution in [3.8, 4) is 67.5 Å². The molecule has 0 atom stereocenters. The number of rotatable bonds is 6. The molecule has 12 aromatic rings. The number of fused-ring (bicyclic) bond motifs is 7. The second-order valence-electron chi connectivity index (χ2n) is 15.0. The Morgan fingerprint density at radius 2 is 0.767 bits per heavy atom. The first-order valence-electron chi connectivity index (χ1n) is 19.9. The first kappa shape index (κ1) is 34.6. The van der Waals surface area contributed by atoms with Crippen molar-refractivity contribution in [3.63, 3.8) is 0 Å². The van der Waals surface area contributed by atoms with Crippen LogP contribution in [-0.4, -0.2) is 19.9 Å². The maximum Gasteiger partial charge on any atom is 0.164 e. The fraction of sp³-hybridized carbons (Fsp3) is 0. The maximum absolute atomic E-state index is 5.29. The first-order valence-corrected chi connectivity index (χ1v) is 21.6. The van der Waals surface area contributed by atoms with Crippen molar-refractivity contribution in [1.82, 2.24) is 19.9 Å². The third-order valence-electron chi connectivity index (χ3n) is 11.4. The van der Waals surface area contributed by atoms with Gasteiger partial charge in [-0.15, -0.1) is 22.7 Å². The van der Waals surface area contributed by atoms with Crippen LogP contribution in [0, 0.1) is 0 Å². The molecule has 0 fully saturated rings. The molecule has 0 spiro atoms. The van der Waals surface area contributed by atoms with Crippen LogP contribution in [-0.2, 0) is 0 Å². The van der Waals surface area contributed by atoms with Gasteiger partial charge in [-0.1, -0.05) is 146 Å². The van der Waals surface area contributed by atoms with Gasteiger partial charge in [0.2, 0.25) is 0 Å².